The average Bonchev–Trinajstić information content (AvgIpc) is 2.77. The molecule has 0 atom stereocenters. The Balaban J connectivity index is 2.55. The van der Waals surface area contributed by atoms with E-state index in [1.165, 1.54) is 16.8 Å². The van der Waals surface area contributed by atoms with Crippen molar-refractivity contribution < 1.29 is 14.3 Å². The Hall–Kier alpha value is -1.95. The number of carboxylic acid groups (broad SMARTS) is 1. The van der Waals surface area contributed by atoms with Crippen LogP contribution in [0.1, 0.15) is 29.5 Å². The molecule has 0 aliphatic carbocycles. The number of rotatable bonds is 4. The molecule has 1 N–H and O–H groups in total. The van der Waals surface area contributed by atoms with Crippen LogP contribution in [0.5, 0.6) is 0 Å². The van der Waals surface area contributed by atoms with E-state index in [9.17, 15) is 9.18 Å². The van der Waals surface area contributed by atoms with Gasteiger partial charge in [-0.05, 0) is 18.6 Å². The molecule has 1 aromatic heterocycles. The van der Waals surface area contributed by atoms with Crippen LogP contribution in [-0.2, 0) is 6.42 Å². The van der Waals surface area contributed by atoms with Crippen LogP contribution in [0.25, 0.3) is 5.69 Å². The molecule has 0 aliphatic rings. The number of carboxylic acids is 1. The summed E-state index contributed by atoms with van der Waals surface area (Å²) in [5.74, 6) is -1.74. The van der Waals surface area contributed by atoms with Crippen LogP contribution >= 0.6 is 11.6 Å². The fourth-order valence-electron chi connectivity index (χ4n) is 1.75. The van der Waals surface area contributed by atoms with Gasteiger partial charge in [-0.15, -0.1) is 5.10 Å². The van der Waals surface area contributed by atoms with E-state index in [4.69, 9.17) is 16.7 Å². The van der Waals surface area contributed by atoms with Gasteiger partial charge in [0.25, 0.3) is 0 Å². The standard InChI is InChI=1S/C12H11ClFN3O2/c1-2-3-10-11(12(18)19)15-16-17(10)7-4-5-8(13)9(14)6-7/h4-6H,2-3H2,1H3,(H,18,19). The van der Waals surface area contributed by atoms with Crippen LogP contribution in [0.2, 0.25) is 5.02 Å². The van der Waals surface area contributed by atoms with E-state index >= 15 is 0 Å². The van der Waals surface area contributed by atoms with E-state index in [2.05, 4.69) is 10.3 Å². The summed E-state index contributed by atoms with van der Waals surface area (Å²) in [6, 6.07) is 4.15. The van der Waals surface area contributed by atoms with Gasteiger partial charge in [0.05, 0.1) is 16.4 Å². The summed E-state index contributed by atoms with van der Waals surface area (Å²) in [7, 11) is 0. The molecule has 0 saturated carbocycles. The largest absolute Gasteiger partial charge is 0.476 e. The Kier molecular flexibility index (Phi) is 3.80. The van der Waals surface area contributed by atoms with Crippen LogP contribution in [0.3, 0.4) is 0 Å². The SMILES string of the molecule is CCCc1c(C(=O)O)nnn1-c1ccc(Cl)c(F)c1. The molecule has 1 heterocycles. The predicted molar refractivity (Wildman–Crippen MR) is 67.3 cm³/mol. The fraction of sp³-hybridized carbons (Fsp3) is 0.250. The maximum Gasteiger partial charge on any atom is 0.358 e. The zero-order valence-electron chi connectivity index (χ0n) is 10.1. The lowest BCUT2D eigenvalue weighted by atomic mass is 10.2. The summed E-state index contributed by atoms with van der Waals surface area (Å²) in [6.45, 7) is 1.91. The highest BCUT2D eigenvalue weighted by molar-refractivity contribution is 6.30. The van der Waals surface area contributed by atoms with Gasteiger partial charge >= 0.3 is 5.97 Å². The zero-order valence-corrected chi connectivity index (χ0v) is 10.9. The second-order valence-electron chi connectivity index (χ2n) is 3.95. The Morgan fingerprint density at radius 1 is 1.53 bits per heavy atom. The Bertz CT molecular complexity index is 627. The maximum absolute atomic E-state index is 13.4. The van der Waals surface area contributed by atoms with E-state index in [0.717, 1.165) is 6.42 Å². The molecule has 0 radical (unpaired) electrons. The third kappa shape index (κ3) is 2.58. The van der Waals surface area contributed by atoms with Crippen molar-refractivity contribution in [1.29, 1.82) is 0 Å². The highest BCUT2D eigenvalue weighted by Crippen LogP contribution is 2.20. The highest BCUT2D eigenvalue weighted by Gasteiger charge is 2.19. The van der Waals surface area contributed by atoms with Gasteiger partial charge in [0.1, 0.15) is 5.82 Å². The molecule has 2 aromatic rings. The molecular formula is C12H11ClFN3O2. The monoisotopic (exact) mass is 283 g/mol. The smallest absolute Gasteiger partial charge is 0.358 e. The van der Waals surface area contributed by atoms with Gasteiger partial charge in [-0.3, -0.25) is 0 Å². The van der Waals surface area contributed by atoms with Crippen molar-refractivity contribution in [2.45, 2.75) is 19.8 Å². The van der Waals surface area contributed by atoms with Crippen molar-refractivity contribution >= 4 is 17.6 Å². The third-order valence-corrected chi connectivity index (χ3v) is 2.91. The van der Waals surface area contributed by atoms with E-state index < -0.39 is 11.8 Å². The molecule has 0 amide bonds. The van der Waals surface area contributed by atoms with Gasteiger partial charge < -0.3 is 5.11 Å². The zero-order chi connectivity index (χ0) is 14.0. The molecule has 7 heteroatoms. The summed E-state index contributed by atoms with van der Waals surface area (Å²) in [4.78, 5) is 11.1. The van der Waals surface area contributed by atoms with E-state index in [-0.39, 0.29) is 10.7 Å². The van der Waals surface area contributed by atoms with Crippen LogP contribution in [0.15, 0.2) is 18.2 Å². The number of aromatic nitrogens is 3. The first-order chi connectivity index (χ1) is 9.04. The van der Waals surface area contributed by atoms with Crippen molar-refractivity contribution in [3.8, 4) is 5.69 Å². The van der Waals surface area contributed by atoms with Crippen LogP contribution in [0, 0.1) is 5.82 Å². The number of aromatic carboxylic acids is 1. The molecule has 1 aromatic carbocycles. The first-order valence-corrected chi connectivity index (χ1v) is 6.05. The van der Waals surface area contributed by atoms with Crippen molar-refractivity contribution in [3.05, 3.63) is 40.4 Å². The summed E-state index contributed by atoms with van der Waals surface area (Å²) in [5.41, 5.74) is 0.722. The summed E-state index contributed by atoms with van der Waals surface area (Å²) >= 11 is 5.61. The maximum atomic E-state index is 13.4. The Morgan fingerprint density at radius 3 is 2.84 bits per heavy atom. The number of nitrogens with zero attached hydrogens (tertiary/aromatic N) is 3. The van der Waals surface area contributed by atoms with Crippen molar-refractivity contribution in [2.75, 3.05) is 0 Å². The Morgan fingerprint density at radius 2 is 2.26 bits per heavy atom. The lowest BCUT2D eigenvalue weighted by Crippen LogP contribution is -2.07. The van der Waals surface area contributed by atoms with Gasteiger partial charge in [0, 0.05) is 6.07 Å². The number of hydrogen-bond donors (Lipinski definition) is 1. The lowest BCUT2D eigenvalue weighted by molar-refractivity contribution is 0.0689. The molecule has 5 nitrogen and oxygen atoms in total. The van der Waals surface area contributed by atoms with Gasteiger partial charge in [-0.25, -0.2) is 13.9 Å². The van der Waals surface area contributed by atoms with Crippen LogP contribution < -0.4 is 0 Å². The van der Waals surface area contributed by atoms with Gasteiger partial charge in [0.2, 0.25) is 0 Å². The average molecular weight is 284 g/mol. The van der Waals surface area contributed by atoms with Gasteiger partial charge in [-0.2, -0.15) is 0 Å². The lowest BCUT2D eigenvalue weighted by Gasteiger charge is -2.06. The van der Waals surface area contributed by atoms with Crippen molar-refractivity contribution in [3.63, 3.8) is 0 Å². The number of hydrogen-bond acceptors (Lipinski definition) is 3. The summed E-state index contributed by atoms with van der Waals surface area (Å²) in [6.07, 6.45) is 1.21. The second-order valence-corrected chi connectivity index (χ2v) is 4.36. The first-order valence-electron chi connectivity index (χ1n) is 5.68. The molecule has 0 aliphatic heterocycles. The molecule has 19 heavy (non-hydrogen) atoms. The summed E-state index contributed by atoms with van der Waals surface area (Å²) < 4.78 is 14.8. The molecular weight excluding hydrogens is 273 g/mol. The van der Waals surface area contributed by atoms with Crippen molar-refractivity contribution in [1.82, 2.24) is 15.0 Å². The van der Waals surface area contributed by atoms with Gasteiger partial charge in [0.15, 0.2) is 5.69 Å². The predicted octanol–water partition coefficient (Wildman–Crippen LogP) is 2.71. The number of halogens is 2. The van der Waals surface area contributed by atoms with E-state index in [1.807, 2.05) is 6.92 Å². The molecule has 0 bridgehead atoms. The minimum Gasteiger partial charge on any atom is -0.476 e. The molecule has 100 valence electrons. The topological polar surface area (TPSA) is 68.0 Å². The molecule has 0 saturated heterocycles. The second kappa shape index (κ2) is 5.36. The van der Waals surface area contributed by atoms with Gasteiger partial charge in [-0.1, -0.05) is 30.2 Å². The summed E-state index contributed by atoms with van der Waals surface area (Å²) in [5, 5.41) is 16.4. The molecule has 2 rings (SSSR count). The molecule has 0 fully saturated rings. The van der Waals surface area contributed by atoms with Crippen LogP contribution in [-0.4, -0.2) is 26.1 Å². The number of carbonyl (C=O) groups is 1. The molecule has 0 spiro atoms. The highest BCUT2D eigenvalue weighted by atomic mass is 35.5. The van der Waals surface area contributed by atoms with E-state index in [1.54, 1.807) is 6.07 Å². The molecule has 0 unspecified atom stereocenters. The quantitative estimate of drug-likeness (QED) is 0.937. The minimum absolute atomic E-state index is 0.000588. The van der Waals surface area contributed by atoms with Crippen LogP contribution in [0.4, 0.5) is 4.39 Å². The normalized spacial score (nSPS) is 10.7. The minimum atomic E-state index is -1.15. The van der Waals surface area contributed by atoms with Crippen molar-refractivity contribution in [2.24, 2.45) is 0 Å². The number of benzene rings is 1. The third-order valence-electron chi connectivity index (χ3n) is 2.60. The Labute approximate surface area is 113 Å². The fourth-order valence-corrected chi connectivity index (χ4v) is 1.87. The van der Waals surface area contributed by atoms with E-state index in [0.29, 0.717) is 17.8 Å². The first kappa shape index (κ1) is 13.5.